The summed E-state index contributed by atoms with van der Waals surface area (Å²) >= 11 is 2.33. The first kappa shape index (κ1) is 10.4. The van der Waals surface area contributed by atoms with Gasteiger partial charge in [0.2, 0.25) is 0 Å². The molecule has 1 saturated carbocycles. The lowest BCUT2D eigenvalue weighted by Gasteiger charge is -2.13. The van der Waals surface area contributed by atoms with Crippen LogP contribution in [0.1, 0.15) is 37.4 Å². The standard InChI is InChI=1S/C10H15IN2O/c1-14-7-10-9(11)6-12-13(10)8-4-2-3-5-8/h6,8H,2-5,7H2,1H3. The fourth-order valence-corrected chi connectivity index (χ4v) is 2.63. The van der Waals surface area contributed by atoms with Gasteiger partial charge in [0.1, 0.15) is 0 Å². The third-order valence-corrected chi connectivity index (χ3v) is 3.70. The van der Waals surface area contributed by atoms with E-state index >= 15 is 0 Å². The number of hydrogen-bond donors (Lipinski definition) is 0. The minimum absolute atomic E-state index is 0.615. The van der Waals surface area contributed by atoms with Crippen LogP contribution in [-0.2, 0) is 11.3 Å². The van der Waals surface area contributed by atoms with E-state index in [1.54, 1.807) is 7.11 Å². The van der Waals surface area contributed by atoms with Crippen LogP contribution in [0.4, 0.5) is 0 Å². The molecule has 1 fully saturated rings. The molecular formula is C10H15IN2O. The van der Waals surface area contributed by atoms with E-state index in [0.717, 1.165) is 0 Å². The predicted octanol–water partition coefficient (Wildman–Crippen LogP) is 2.75. The zero-order valence-electron chi connectivity index (χ0n) is 8.37. The van der Waals surface area contributed by atoms with Crippen LogP contribution in [-0.4, -0.2) is 16.9 Å². The SMILES string of the molecule is COCc1c(I)cnn1C1CCCC1. The second-order valence-corrected chi connectivity index (χ2v) is 4.92. The quantitative estimate of drug-likeness (QED) is 0.803. The van der Waals surface area contributed by atoms with Crippen molar-refractivity contribution in [2.45, 2.75) is 38.3 Å². The van der Waals surface area contributed by atoms with Gasteiger partial charge in [-0.3, -0.25) is 4.68 Å². The maximum absolute atomic E-state index is 5.20. The summed E-state index contributed by atoms with van der Waals surface area (Å²) in [6.45, 7) is 0.675. The van der Waals surface area contributed by atoms with Crippen LogP contribution >= 0.6 is 22.6 Å². The summed E-state index contributed by atoms with van der Waals surface area (Å²) in [7, 11) is 1.74. The Bertz CT molecular complexity index is 305. The molecule has 4 heteroatoms. The topological polar surface area (TPSA) is 27.1 Å². The van der Waals surface area contributed by atoms with Gasteiger partial charge in [0.25, 0.3) is 0 Å². The second-order valence-electron chi connectivity index (χ2n) is 3.76. The van der Waals surface area contributed by atoms with Crippen LogP contribution in [0.2, 0.25) is 0 Å². The Morgan fingerprint density at radius 2 is 2.29 bits per heavy atom. The Labute approximate surface area is 98.0 Å². The van der Waals surface area contributed by atoms with Gasteiger partial charge in [-0.15, -0.1) is 0 Å². The highest BCUT2D eigenvalue weighted by molar-refractivity contribution is 14.1. The Morgan fingerprint density at radius 1 is 1.57 bits per heavy atom. The first-order valence-corrected chi connectivity index (χ1v) is 6.11. The lowest BCUT2D eigenvalue weighted by molar-refractivity contribution is 0.173. The molecular weight excluding hydrogens is 291 g/mol. The van der Waals surface area contributed by atoms with E-state index < -0.39 is 0 Å². The molecule has 0 unspecified atom stereocenters. The van der Waals surface area contributed by atoms with E-state index in [1.165, 1.54) is 34.9 Å². The van der Waals surface area contributed by atoms with Crippen LogP contribution in [0.15, 0.2) is 6.20 Å². The van der Waals surface area contributed by atoms with Crippen molar-refractivity contribution in [3.05, 3.63) is 15.5 Å². The van der Waals surface area contributed by atoms with Crippen molar-refractivity contribution in [2.75, 3.05) is 7.11 Å². The molecule has 2 rings (SSSR count). The van der Waals surface area contributed by atoms with Gasteiger partial charge in [-0.25, -0.2) is 0 Å². The molecule has 1 aromatic heterocycles. The highest BCUT2D eigenvalue weighted by Crippen LogP contribution is 2.31. The summed E-state index contributed by atoms with van der Waals surface area (Å²) in [5.74, 6) is 0. The van der Waals surface area contributed by atoms with Crippen molar-refractivity contribution >= 4 is 22.6 Å². The molecule has 1 heterocycles. The molecule has 0 atom stereocenters. The molecule has 1 aliphatic rings. The molecule has 0 N–H and O–H groups in total. The molecule has 0 bridgehead atoms. The van der Waals surface area contributed by atoms with Crippen molar-refractivity contribution < 1.29 is 4.74 Å². The van der Waals surface area contributed by atoms with Gasteiger partial charge in [-0.05, 0) is 35.4 Å². The van der Waals surface area contributed by atoms with E-state index in [-0.39, 0.29) is 0 Å². The zero-order chi connectivity index (χ0) is 9.97. The first-order chi connectivity index (χ1) is 6.83. The Hall–Kier alpha value is -0.100. The lowest BCUT2D eigenvalue weighted by atomic mass is 10.2. The van der Waals surface area contributed by atoms with Crippen molar-refractivity contribution in [2.24, 2.45) is 0 Å². The number of methoxy groups -OCH3 is 1. The zero-order valence-corrected chi connectivity index (χ0v) is 10.5. The molecule has 1 aromatic rings. The average Bonchev–Trinajstić information content (AvgIpc) is 2.77. The van der Waals surface area contributed by atoms with Crippen LogP contribution in [0.3, 0.4) is 0 Å². The number of ether oxygens (including phenoxy) is 1. The highest BCUT2D eigenvalue weighted by Gasteiger charge is 2.21. The summed E-state index contributed by atoms with van der Waals surface area (Å²) in [6.07, 6.45) is 7.16. The predicted molar refractivity (Wildman–Crippen MR) is 63.2 cm³/mol. The van der Waals surface area contributed by atoms with Crippen LogP contribution in [0, 0.1) is 3.57 Å². The van der Waals surface area contributed by atoms with Crippen molar-refractivity contribution in [1.82, 2.24) is 9.78 Å². The molecule has 14 heavy (non-hydrogen) atoms. The van der Waals surface area contributed by atoms with Crippen molar-refractivity contribution in [3.63, 3.8) is 0 Å². The maximum Gasteiger partial charge on any atom is 0.0891 e. The number of nitrogens with zero attached hydrogens (tertiary/aromatic N) is 2. The first-order valence-electron chi connectivity index (χ1n) is 5.03. The van der Waals surface area contributed by atoms with Crippen molar-refractivity contribution in [1.29, 1.82) is 0 Å². The van der Waals surface area contributed by atoms with E-state index in [4.69, 9.17) is 4.74 Å². The fraction of sp³-hybridized carbons (Fsp3) is 0.700. The van der Waals surface area contributed by atoms with Gasteiger partial charge >= 0.3 is 0 Å². The smallest absolute Gasteiger partial charge is 0.0891 e. The normalized spacial score (nSPS) is 17.9. The Balaban J connectivity index is 2.22. The molecule has 0 aliphatic heterocycles. The third-order valence-electron chi connectivity index (χ3n) is 2.80. The Kier molecular flexibility index (Phi) is 3.43. The molecule has 0 aromatic carbocycles. The third kappa shape index (κ3) is 1.95. The van der Waals surface area contributed by atoms with Crippen LogP contribution in [0.25, 0.3) is 0 Å². The van der Waals surface area contributed by atoms with Crippen LogP contribution in [0.5, 0.6) is 0 Å². The van der Waals surface area contributed by atoms with Gasteiger partial charge < -0.3 is 4.74 Å². The van der Waals surface area contributed by atoms with Gasteiger partial charge in [-0.2, -0.15) is 5.10 Å². The highest BCUT2D eigenvalue weighted by atomic mass is 127. The van der Waals surface area contributed by atoms with Gasteiger partial charge in [0, 0.05) is 7.11 Å². The number of rotatable bonds is 3. The van der Waals surface area contributed by atoms with Gasteiger partial charge in [0.15, 0.2) is 0 Å². The average molecular weight is 306 g/mol. The molecule has 78 valence electrons. The number of halogens is 1. The maximum atomic E-state index is 5.20. The van der Waals surface area contributed by atoms with Gasteiger partial charge in [0.05, 0.1) is 28.1 Å². The van der Waals surface area contributed by atoms with Gasteiger partial charge in [-0.1, -0.05) is 12.8 Å². The summed E-state index contributed by atoms with van der Waals surface area (Å²) in [5, 5.41) is 4.45. The minimum atomic E-state index is 0.615. The fourth-order valence-electron chi connectivity index (χ4n) is 2.10. The molecule has 0 saturated heterocycles. The molecule has 1 aliphatic carbocycles. The van der Waals surface area contributed by atoms with E-state index in [0.29, 0.717) is 12.6 Å². The monoisotopic (exact) mass is 306 g/mol. The molecule has 0 spiro atoms. The van der Waals surface area contributed by atoms with Crippen molar-refractivity contribution in [3.8, 4) is 0 Å². The molecule has 0 amide bonds. The molecule has 0 radical (unpaired) electrons. The summed E-state index contributed by atoms with van der Waals surface area (Å²) in [5.41, 5.74) is 1.24. The summed E-state index contributed by atoms with van der Waals surface area (Å²) in [6, 6.07) is 0.615. The van der Waals surface area contributed by atoms with Crippen LogP contribution < -0.4 is 0 Å². The van der Waals surface area contributed by atoms with E-state index in [2.05, 4.69) is 32.4 Å². The minimum Gasteiger partial charge on any atom is -0.378 e. The Morgan fingerprint density at radius 3 is 2.93 bits per heavy atom. The second kappa shape index (κ2) is 4.61. The molecule has 3 nitrogen and oxygen atoms in total. The summed E-state index contributed by atoms with van der Waals surface area (Å²) in [4.78, 5) is 0. The number of hydrogen-bond acceptors (Lipinski definition) is 2. The van der Waals surface area contributed by atoms with E-state index in [9.17, 15) is 0 Å². The van der Waals surface area contributed by atoms with E-state index in [1.807, 2.05) is 6.20 Å². The largest absolute Gasteiger partial charge is 0.378 e. The lowest BCUT2D eigenvalue weighted by Crippen LogP contribution is -2.11. The summed E-state index contributed by atoms with van der Waals surface area (Å²) < 4.78 is 8.59. The number of aromatic nitrogens is 2.